The lowest BCUT2D eigenvalue weighted by molar-refractivity contribution is 0.0514. The summed E-state index contributed by atoms with van der Waals surface area (Å²) in [5, 5.41) is 5.79. The summed E-state index contributed by atoms with van der Waals surface area (Å²) in [6.07, 6.45) is 10.9. The molecule has 2 heterocycles. The molecule has 0 radical (unpaired) electrons. The van der Waals surface area contributed by atoms with Crippen LogP contribution in [-0.4, -0.2) is 45.5 Å². The summed E-state index contributed by atoms with van der Waals surface area (Å²) in [5.41, 5.74) is 2.26. The van der Waals surface area contributed by atoms with Gasteiger partial charge in [-0.1, -0.05) is 51.3 Å². The van der Waals surface area contributed by atoms with E-state index < -0.39 is 0 Å². The van der Waals surface area contributed by atoms with Crippen molar-refractivity contribution in [1.29, 1.82) is 0 Å². The van der Waals surface area contributed by atoms with Crippen LogP contribution in [0.15, 0.2) is 42.5 Å². The van der Waals surface area contributed by atoms with Crippen molar-refractivity contribution in [3.63, 3.8) is 0 Å². The number of amides is 4. The number of rotatable bonds is 6. The number of carbonyl (C=O) groups excluding carboxylic acids is 4. The molecule has 0 saturated carbocycles. The molecule has 2 aliphatic rings. The number of carbonyl (C=O) groups is 4. The van der Waals surface area contributed by atoms with Crippen molar-refractivity contribution in [3.05, 3.63) is 76.7 Å². The molecule has 5 aromatic rings. The molecule has 42 heavy (non-hydrogen) atoms. The number of benzene rings is 5. The SMILES string of the molecule is [C-]#Cc1cc2c3c(ccc4c5ccc6c7c(ccc(c1c34)c75)C(=O)N(C(CC)CC)C6=O)C(=O)N(C(CC)CC)C2=O. The highest BCUT2D eigenvalue weighted by atomic mass is 16.2. The van der Waals surface area contributed by atoms with Crippen LogP contribution in [-0.2, 0) is 0 Å². The maximum atomic E-state index is 13.9. The standard InChI is InChI=1S/C36H29N2O4/c1-6-18-17-27-31-26(35(41)38(36(27)42)20(9-4)10-5)15-12-22-21-11-14-24-30-25(16-13-23(29(21)30)28(18)32(22)31)34(40)37(33(24)39)19(7-2)8-3/h11-17,19-20H,7-10H2,2-5H3/q-1. The van der Waals surface area contributed by atoms with Crippen LogP contribution in [0.1, 0.15) is 100 Å². The first-order chi connectivity index (χ1) is 20.3. The second kappa shape index (κ2) is 9.12. The van der Waals surface area contributed by atoms with Crippen molar-refractivity contribution in [2.75, 3.05) is 0 Å². The first-order valence-corrected chi connectivity index (χ1v) is 14.7. The molecule has 0 aromatic heterocycles. The summed E-state index contributed by atoms with van der Waals surface area (Å²) in [6.45, 7) is 7.90. The van der Waals surface area contributed by atoms with Gasteiger partial charge in [0.1, 0.15) is 0 Å². The minimum atomic E-state index is -0.352. The van der Waals surface area contributed by atoms with E-state index in [9.17, 15) is 19.2 Å². The molecule has 0 saturated heterocycles. The largest absolute Gasteiger partial charge is 0.366 e. The Balaban J connectivity index is 1.62. The number of fused-ring (bicyclic) bond motifs is 2. The van der Waals surface area contributed by atoms with Crippen LogP contribution in [0.3, 0.4) is 0 Å². The van der Waals surface area contributed by atoms with Crippen LogP contribution in [0, 0.1) is 12.3 Å². The van der Waals surface area contributed by atoms with Gasteiger partial charge in [-0.05, 0) is 70.8 Å². The summed E-state index contributed by atoms with van der Waals surface area (Å²) >= 11 is 0. The smallest absolute Gasteiger partial charge is 0.261 e. The zero-order chi connectivity index (χ0) is 29.6. The highest BCUT2D eigenvalue weighted by Gasteiger charge is 2.39. The van der Waals surface area contributed by atoms with Gasteiger partial charge in [-0.2, -0.15) is 0 Å². The normalized spacial score (nSPS) is 15.1. The van der Waals surface area contributed by atoms with E-state index in [2.05, 4.69) is 5.92 Å². The topological polar surface area (TPSA) is 74.8 Å². The Kier molecular flexibility index (Phi) is 5.68. The van der Waals surface area contributed by atoms with E-state index in [1.807, 2.05) is 45.9 Å². The Bertz CT molecular complexity index is 2070. The predicted molar refractivity (Wildman–Crippen MR) is 164 cm³/mol. The first-order valence-electron chi connectivity index (χ1n) is 14.7. The molecule has 4 amide bonds. The van der Waals surface area contributed by atoms with Gasteiger partial charge >= 0.3 is 0 Å². The third kappa shape index (κ3) is 3.06. The predicted octanol–water partition coefficient (Wildman–Crippen LogP) is 7.24. The van der Waals surface area contributed by atoms with Crippen molar-refractivity contribution >= 4 is 66.7 Å². The van der Waals surface area contributed by atoms with E-state index in [1.54, 1.807) is 24.3 Å². The second-order valence-corrected chi connectivity index (χ2v) is 11.4. The number of hydrogen-bond donors (Lipinski definition) is 0. The van der Waals surface area contributed by atoms with E-state index in [0.717, 1.165) is 26.9 Å². The highest BCUT2D eigenvalue weighted by Crippen LogP contribution is 2.47. The van der Waals surface area contributed by atoms with Crippen molar-refractivity contribution in [2.24, 2.45) is 0 Å². The molecule has 0 bridgehead atoms. The van der Waals surface area contributed by atoms with E-state index >= 15 is 0 Å². The first kappa shape index (κ1) is 26.2. The quantitative estimate of drug-likeness (QED) is 0.0730. The zero-order valence-electron chi connectivity index (χ0n) is 24.1. The molecule has 0 fully saturated rings. The molecular weight excluding hydrogens is 524 g/mol. The summed E-state index contributed by atoms with van der Waals surface area (Å²) in [6, 6.07) is 12.3. The van der Waals surface area contributed by atoms with Crippen LogP contribution in [0.25, 0.3) is 43.1 Å². The summed E-state index contributed by atoms with van der Waals surface area (Å²) in [5.74, 6) is 1.31. The Hall–Kier alpha value is -4.76. The Morgan fingerprint density at radius 1 is 0.548 bits per heavy atom. The van der Waals surface area contributed by atoms with Crippen LogP contribution in [0.5, 0.6) is 0 Å². The monoisotopic (exact) mass is 553 g/mol. The van der Waals surface area contributed by atoms with Gasteiger partial charge in [-0.15, -0.1) is 11.6 Å². The minimum Gasteiger partial charge on any atom is -0.366 e. The van der Waals surface area contributed by atoms with Gasteiger partial charge in [-0.25, -0.2) is 0 Å². The van der Waals surface area contributed by atoms with E-state index in [4.69, 9.17) is 6.42 Å². The van der Waals surface area contributed by atoms with Crippen molar-refractivity contribution in [2.45, 2.75) is 65.5 Å². The molecular formula is C36H29N2O4-. The second-order valence-electron chi connectivity index (χ2n) is 11.4. The van der Waals surface area contributed by atoms with Crippen LogP contribution >= 0.6 is 0 Å². The molecule has 0 aliphatic carbocycles. The van der Waals surface area contributed by atoms with E-state index in [0.29, 0.717) is 69.7 Å². The van der Waals surface area contributed by atoms with Gasteiger partial charge < -0.3 is 6.42 Å². The van der Waals surface area contributed by atoms with Gasteiger partial charge in [0.05, 0.1) is 0 Å². The Labute approximate surface area is 243 Å². The van der Waals surface area contributed by atoms with Gasteiger partial charge in [-0.3, -0.25) is 34.9 Å². The van der Waals surface area contributed by atoms with Crippen molar-refractivity contribution in [3.8, 4) is 5.92 Å². The lowest BCUT2D eigenvalue weighted by Gasteiger charge is -2.35. The lowest BCUT2D eigenvalue weighted by Crippen LogP contribution is -2.46. The van der Waals surface area contributed by atoms with Gasteiger partial charge in [0.25, 0.3) is 23.6 Å². The molecule has 6 heteroatoms. The molecule has 0 atom stereocenters. The van der Waals surface area contributed by atoms with Gasteiger partial charge in [0, 0.05) is 45.1 Å². The summed E-state index contributed by atoms with van der Waals surface area (Å²) in [4.78, 5) is 58.0. The number of hydrogen-bond acceptors (Lipinski definition) is 4. The summed E-state index contributed by atoms with van der Waals surface area (Å²) in [7, 11) is 0. The summed E-state index contributed by atoms with van der Waals surface area (Å²) < 4.78 is 0. The average molecular weight is 554 g/mol. The van der Waals surface area contributed by atoms with Crippen molar-refractivity contribution < 1.29 is 19.2 Å². The van der Waals surface area contributed by atoms with E-state index in [1.165, 1.54) is 9.80 Å². The molecule has 0 spiro atoms. The lowest BCUT2D eigenvalue weighted by atomic mass is 9.80. The fourth-order valence-corrected chi connectivity index (χ4v) is 7.47. The molecule has 0 unspecified atom stereocenters. The zero-order valence-corrected chi connectivity index (χ0v) is 24.1. The van der Waals surface area contributed by atoms with Crippen LogP contribution in [0.2, 0.25) is 0 Å². The Morgan fingerprint density at radius 3 is 1.40 bits per heavy atom. The highest BCUT2D eigenvalue weighted by molar-refractivity contribution is 6.42. The third-order valence-electron chi connectivity index (χ3n) is 9.55. The maximum absolute atomic E-state index is 13.9. The van der Waals surface area contributed by atoms with E-state index in [-0.39, 0.29) is 35.7 Å². The fourth-order valence-electron chi connectivity index (χ4n) is 7.47. The van der Waals surface area contributed by atoms with Gasteiger partial charge in [0.15, 0.2) is 0 Å². The molecule has 2 aliphatic heterocycles. The van der Waals surface area contributed by atoms with Crippen LogP contribution < -0.4 is 0 Å². The minimum absolute atomic E-state index is 0.189. The molecule has 5 aromatic carbocycles. The van der Waals surface area contributed by atoms with Gasteiger partial charge in [0.2, 0.25) is 0 Å². The molecule has 6 nitrogen and oxygen atoms in total. The number of nitrogens with zero attached hydrogens (tertiary/aromatic N) is 2. The number of imide groups is 2. The van der Waals surface area contributed by atoms with Crippen LogP contribution in [0.4, 0.5) is 0 Å². The maximum Gasteiger partial charge on any atom is 0.261 e. The average Bonchev–Trinajstić information content (AvgIpc) is 3.01. The molecule has 208 valence electrons. The fraction of sp³-hybridized carbons (Fsp3) is 0.278. The van der Waals surface area contributed by atoms with Crippen molar-refractivity contribution in [1.82, 2.24) is 9.80 Å². The molecule has 0 N–H and O–H groups in total. The third-order valence-corrected chi connectivity index (χ3v) is 9.55. The Morgan fingerprint density at radius 2 is 0.952 bits per heavy atom. The molecule has 7 rings (SSSR count).